The Balaban J connectivity index is 1.40. The lowest BCUT2D eigenvalue weighted by molar-refractivity contribution is 0.174. The highest BCUT2D eigenvalue weighted by molar-refractivity contribution is 7.99. The second-order valence-electron chi connectivity index (χ2n) is 8.24. The highest BCUT2D eigenvalue weighted by atomic mass is 32.2. The van der Waals surface area contributed by atoms with E-state index in [9.17, 15) is 0 Å². The minimum absolute atomic E-state index is 0.244. The number of rotatable bonds is 6. The molecule has 170 valence electrons. The maximum Gasteiger partial charge on any atom is 0.231 e. The molecule has 1 saturated heterocycles. The number of hydrogen-bond acceptors (Lipinski definition) is 9. The van der Waals surface area contributed by atoms with Crippen molar-refractivity contribution in [3.8, 4) is 21.9 Å². The molecule has 2 aliphatic heterocycles. The van der Waals surface area contributed by atoms with Crippen molar-refractivity contribution in [2.24, 2.45) is 5.92 Å². The third-order valence-electron chi connectivity index (χ3n) is 6.21. The van der Waals surface area contributed by atoms with Crippen LogP contribution in [0.5, 0.6) is 11.5 Å². The maximum atomic E-state index is 6.17. The van der Waals surface area contributed by atoms with Gasteiger partial charge in [-0.15, -0.1) is 11.3 Å². The number of fused-ring (bicyclic) bond motifs is 2. The molecule has 10 heteroatoms. The van der Waals surface area contributed by atoms with Gasteiger partial charge in [0.1, 0.15) is 6.33 Å². The van der Waals surface area contributed by atoms with Crippen LogP contribution in [0.3, 0.4) is 0 Å². The zero-order valence-electron chi connectivity index (χ0n) is 18.0. The summed E-state index contributed by atoms with van der Waals surface area (Å²) in [5, 5.41) is 6.39. The predicted molar refractivity (Wildman–Crippen MR) is 130 cm³/mol. The molecule has 0 bridgehead atoms. The Morgan fingerprint density at radius 2 is 2.03 bits per heavy atom. The number of anilines is 1. The molecule has 3 N–H and O–H groups in total. The van der Waals surface area contributed by atoms with E-state index in [-0.39, 0.29) is 6.79 Å². The number of ether oxygens (including phenoxy) is 2. The number of thiophene rings is 1. The van der Waals surface area contributed by atoms with Crippen LogP contribution in [0.2, 0.25) is 0 Å². The summed E-state index contributed by atoms with van der Waals surface area (Å²) < 4.78 is 13.5. The second-order valence-corrected chi connectivity index (χ2v) is 10.2. The molecule has 1 fully saturated rings. The molecule has 2 aliphatic rings. The molecule has 0 amide bonds. The summed E-state index contributed by atoms with van der Waals surface area (Å²) in [7, 11) is 0. The summed E-state index contributed by atoms with van der Waals surface area (Å²) in [4.78, 5) is 15.8. The molecule has 1 aromatic carbocycles. The van der Waals surface area contributed by atoms with Gasteiger partial charge in [-0.2, -0.15) is 0 Å². The van der Waals surface area contributed by atoms with Crippen molar-refractivity contribution >= 4 is 40.1 Å². The van der Waals surface area contributed by atoms with Gasteiger partial charge in [0.05, 0.1) is 0 Å². The fourth-order valence-electron chi connectivity index (χ4n) is 4.43. The topological polar surface area (TPSA) is 100 Å². The number of hydrogen-bond donors (Lipinski definition) is 2. The molecule has 8 nitrogen and oxygen atoms in total. The van der Waals surface area contributed by atoms with Gasteiger partial charge in [-0.05, 0) is 61.8 Å². The van der Waals surface area contributed by atoms with Crippen molar-refractivity contribution in [1.82, 2.24) is 24.8 Å². The van der Waals surface area contributed by atoms with Crippen LogP contribution in [0.25, 0.3) is 21.6 Å². The van der Waals surface area contributed by atoms with E-state index in [1.807, 2.05) is 6.07 Å². The van der Waals surface area contributed by atoms with Gasteiger partial charge in [0.2, 0.25) is 6.79 Å². The minimum atomic E-state index is 0.244. The third-order valence-corrected chi connectivity index (χ3v) is 8.16. The normalized spacial score (nSPS) is 16.0. The smallest absolute Gasteiger partial charge is 0.231 e. The van der Waals surface area contributed by atoms with E-state index in [1.54, 1.807) is 23.1 Å². The first-order valence-corrected chi connectivity index (χ1v) is 12.8. The number of nitrogens with one attached hydrogen (secondary N) is 1. The van der Waals surface area contributed by atoms with Crippen LogP contribution in [0.15, 0.2) is 46.0 Å². The molecular formula is C23H24N6O2S2. The van der Waals surface area contributed by atoms with Crippen LogP contribution in [0.4, 0.5) is 5.82 Å². The number of nitrogen functional groups attached to an aromatic ring is 1. The molecule has 0 aliphatic carbocycles. The molecule has 33 heavy (non-hydrogen) atoms. The van der Waals surface area contributed by atoms with Crippen molar-refractivity contribution < 1.29 is 9.47 Å². The quantitative estimate of drug-likeness (QED) is 0.419. The number of benzene rings is 1. The van der Waals surface area contributed by atoms with Crippen LogP contribution in [-0.4, -0.2) is 39.4 Å². The highest BCUT2D eigenvalue weighted by Crippen LogP contribution is 2.46. The standard InChI is InChI=1S/C23H24N6O2S2/c24-21-20-22(27-12-26-21)29(8-5-14-3-6-25-7-4-14)23(28-20)33-19-11-17-16(30-13-31-17)10-15(19)18-2-1-9-32-18/h1-2,9-12,14,25H,3-8,13H2,(H2,24,26,27). The molecule has 0 saturated carbocycles. The van der Waals surface area contributed by atoms with E-state index in [0.29, 0.717) is 17.3 Å². The fourth-order valence-corrected chi connectivity index (χ4v) is 6.31. The number of nitrogens with two attached hydrogens (primary N) is 1. The van der Waals surface area contributed by atoms with Gasteiger partial charge in [0.25, 0.3) is 0 Å². The lowest BCUT2D eigenvalue weighted by Gasteiger charge is -2.23. The molecule has 0 atom stereocenters. The number of imidazole rings is 1. The predicted octanol–water partition coefficient (Wildman–Crippen LogP) is 4.41. The Bertz CT molecular complexity index is 1280. The van der Waals surface area contributed by atoms with Gasteiger partial charge in [-0.3, -0.25) is 0 Å². The van der Waals surface area contributed by atoms with Gasteiger partial charge < -0.3 is 25.1 Å². The maximum absolute atomic E-state index is 6.17. The zero-order chi connectivity index (χ0) is 22.2. The Kier molecular flexibility index (Phi) is 5.57. The van der Waals surface area contributed by atoms with Crippen molar-refractivity contribution in [3.63, 3.8) is 0 Å². The van der Waals surface area contributed by atoms with Crippen molar-refractivity contribution in [2.75, 3.05) is 25.6 Å². The summed E-state index contributed by atoms with van der Waals surface area (Å²) in [6, 6.07) is 8.29. The first-order chi connectivity index (χ1) is 16.3. The van der Waals surface area contributed by atoms with Crippen LogP contribution in [-0.2, 0) is 6.54 Å². The van der Waals surface area contributed by atoms with Crippen molar-refractivity contribution in [3.05, 3.63) is 36.0 Å². The van der Waals surface area contributed by atoms with Crippen molar-refractivity contribution in [2.45, 2.75) is 35.9 Å². The van der Waals surface area contributed by atoms with Gasteiger partial charge in [-0.25, -0.2) is 15.0 Å². The highest BCUT2D eigenvalue weighted by Gasteiger charge is 2.23. The molecule has 0 radical (unpaired) electrons. The number of piperidine rings is 1. The van der Waals surface area contributed by atoms with Gasteiger partial charge >= 0.3 is 0 Å². The Hall–Kier alpha value is -2.82. The second kappa shape index (κ2) is 8.85. The first-order valence-electron chi connectivity index (χ1n) is 11.1. The van der Waals surface area contributed by atoms with Crippen molar-refractivity contribution in [1.29, 1.82) is 0 Å². The van der Waals surface area contributed by atoms with E-state index < -0.39 is 0 Å². The monoisotopic (exact) mass is 480 g/mol. The fraction of sp³-hybridized carbons (Fsp3) is 0.348. The Labute approximate surface area is 199 Å². The zero-order valence-corrected chi connectivity index (χ0v) is 19.6. The minimum Gasteiger partial charge on any atom is -0.454 e. The van der Waals surface area contributed by atoms with E-state index in [1.165, 1.54) is 24.0 Å². The summed E-state index contributed by atoms with van der Waals surface area (Å²) in [5.41, 5.74) is 8.72. The van der Waals surface area contributed by atoms with Gasteiger partial charge in [-0.1, -0.05) is 17.8 Å². The lowest BCUT2D eigenvalue weighted by Crippen LogP contribution is -2.28. The van der Waals surface area contributed by atoms with E-state index >= 15 is 0 Å². The van der Waals surface area contributed by atoms with Crippen LogP contribution in [0, 0.1) is 5.92 Å². The molecule has 5 heterocycles. The molecule has 3 aromatic heterocycles. The molecule has 0 spiro atoms. The number of nitrogens with zero attached hydrogens (tertiary/aromatic N) is 4. The summed E-state index contributed by atoms with van der Waals surface area (Å²) in [6.07, 6.45) is 5.02. The largest absolute Gasteiger partial charge is 0.454 e. The van der Waals surface area contributed by atoms with Gasteiger partial charge in [0, 0.05) is 21.9 Å². The number of aromatic nitrogens is 4. The van der Waals surface area contributed by atoms with E-state index in [4.69, 9.17) is 20.2 Å². The van der Waals surface area contributed by atoms with E-state index in [2.05, 4.69) is 43.4 Å². The number of aryl methyl sites for hydroxylation is 1. The molecule has 4 aromatic rings. The van der Waals surface area contributed by atoms with Gasteiger partial charge in [0.15, 0.2) is 33.6 Å². The average Bonchev–Trinajstić information content (AvgIpc) is 3.59. The SMILES string of the molecule is Nc1ncnc2c1nc(Sc1cc3c(cc1-c1cccs1)OCO3)n2CCC1CCNCC1. The van der Waals surface area contributed by atoms with Crippen LogP contribution >= 0.6 is 23.1 Å². The summed E-state index contributed by atoms with van der Waals surface area (Å²) in [5.74, 6) is 2.64. The molecule has 6 rings (SSSR count). The summed E-state index contributed by atoms with van der Waals surface area (Å²) >= 11 is 3.32. The first kappa shape index (κ1) is 20.8. The lowest BCUT2D eigenvalue weighted by atomic mass is 9.95. The average molecular weight is 481 g/mol. The van der Waals surface area contributed by atoms with Crippen LogP contribution < -0.4 is 20.5 Å². The molecule has 0 unspecified atom stereocenters. The Morgan fingerprint density at radius 1 is 1.18 bits per heavy atom. The van der Waals surface area contributed by atoms with Crippen LogP contribution in [0.1, 0.15) is 19.3 Å². The molecular weight excluding hydrogens is 456 g/mol. The Morgan fingerprint density at radius 3 is 2.85 bits per heavy atom. The summed E-state index contributed by atoms with van der Waals surface area (Å²) in [6.45, 7) is 3.27. The third kappa shape index (κ3) is 4.03. The van der Waals surface area contributed by atoms with E-state index in [0.717, 1.165) is 58.8 Å².